The maximum Gasteiger partial charge on any atom is 0.321 e. The lowest BCUT2D eigenvalue weighted by molar-refractivity contribution is -0.126. The number of rotatable bonds is 3. The van der Waals surface area contributed by atoms with Crippen molar-refractivity contribution in [3.8, 4) is 0 Å². The van der Waals surface area contributed by atoms with E-state index in [0.717, 1.165) is 19.3 Å². The first-order valence-corrected chi connectivity index (χ1v) is 4.43. The molecule has 3 amide bonds. The molecular weight excluding hydrogens is 168 g/mol. The number of imide groups is 1. The summed E-state index contributed by atoms with van der Waals surface area (Å²) in [7, 11) is 0. The Bertz CT molecular complexity index is 222. The van der Waals surface area contributed by atoms with Crippen molar-refractivity contribution in [1.82, 2.24) is 10.6 Å². The molecular formula is C9H14N2O2. The van der Waals surface area contributed by atoms with Crippen LogP contribution >= 0.6 is 0 Å². The predicted molar refractivity (Wildman–Crippen MR) is 49.1 cm³/mol. The minimum absolute atomic E-state index is 0.0504. The third-order valence-electron chi connectivity index (χ3n) is 2.12. The number of carbonyl (C=O) groups excluding carboxylic acids is 2. The lowest BCUT2D eigenvalue weighted by atomic mass is 9.85. The summed E-state index contributed by atoms with van der Waals surface area (Å²) in [5.74, 6) is -0.109. The van der Waals surface area contributed by atoms with Crippen molar-refractivity contribution in [2.45, 2.75) is 19.3 Å². The third-order valence-corrected chi connectivity index (χ3v) is 2.12. The van der Waals surface area contributed by atoms with Gasteiger partial charge in [0.25, 0.3) is 0 Å². The van der Waals surface area contributed by atoms with Crippen molar-refractivity contribution < 1.29 is 9.59 Å². The van der Waals surface area contributed by atoms with E-state index in [1.54, 1.807) is 6.08 Å². The molecule has 0 spiro atoms. The minimum atomic E-state index is -0.434. The first kappa shape index (κ1) is 9.77. The summed E-state index contributed by atoms with van der Waals surface area (Å²) in [6, 6.07) is -0.434. The Hall–Kier alpha value is -1.32. The van der Waals surface area contributed by atoms with E-state index in [1.165, 1.54) is 0 Å². The molecule has 13 heavy (non-hydrogen) atoms. The molecule has 0 aromatic rings. The lowest BCUT2D eigenvalue weighted by Gasteiger charge is -2.23. The van der Waals surface area contributed by atoms with Crippen LogP contribution in [0.25, 0.3) is 0 Å². The first-order chi connectivity index (χ1) is 6.24. The van der Waals surface area contributed by atoms with E-state index >= 15 is 0 Å². The molecule has 1 rings (SSSR count). The van der Waals surface area contributed by atoms with Gasteiger partial charge in [0.15, 0.2) is 0 Å². The van der Waals surface area contributed by atoms with Crippen LogP contribution in [0.5, 0.6) is 0 Å². The van der Waals surface area contributed by atoms with Gasteiger partial charge in [0.2, 0.25) is 5.91 Å². The van der Waals surface area contributed by atoms with Gasteiger partial charge in [-0.05, 0) is 12.8 Å². The Morgan fingerprint density at radius 1 is 1.46 bits per heavy atom. The molecule has 1 aliphatic rings. The summed E-state index contributed by atoms with van der Waals surface area (Å²) in [6.45, 7) is 3.83. The van der Waals surface area contributed by atoms with Gasteiger partial charge in [-0.1, -0.05) is 12.5 Å². The first-order valence-electron chi connectivity index (χ1n) is 4.43. The molecule has 1 aliphatic carbocycles. The highest BCUT2D eigenvalue weighted by Gasteiger charge is 2.26. The number of hydrogen-bond donors (Lipinski definition) is 2. The molecule has 0 saturated heterocycles. The lowest BCUT2D eigenvalue weighted by Crippen LogP contribution is -2.43. The average Bonchev–Trinajstić information content (AvgIpc) is 1.97. The summed E-state index contributed by atoms with van der Waals surface area (Å²) in [5.41, 5.74) is 0. The Morgan fingerprint density at radius 2 is 2.15 bits per heavy atom. The molecule has 72 valence electrons. The van der Waals surface area contributed by atoms with Gasteiger partial charge in [0.1, 0.15) is 0 Å². The van der Waals surface area contributed by atoms with Gasteiger partial charge in [0.05, 0.1) is 0 Å². The third kappa shape index (κ3) is 2.89. The van der Waals surface area contributed by atoms with E-state index in [0.29, 0.717) is 6.54 Å². The van der Waals surface area contributed by atoms with E-state index in [-0.39, 0.29) is 11.8 Å². The van der Waals surface area contributed by atoms with Crippen LogP contribution in [0.1, 0.15) is 19.3 Å². The van der Waals surface area contributed by atoms with Crippen LogP contribution in [0.15, 0.2) is 12.7 Å². The predicted octanol–water partition coefficient (Wildman–Crippen LogP) is 0.798. The average molecular weight is 182 g/mol. The molecule has 2 N–H and O–H groups in total. The van der Waals surface area contributed by atoms with Gasteiger partial charge in [-0.25, -0.2) is 4.79 Å². The van der Waals surface area contributed by atoms with Crippen LogP contribution < -0.4 is 10.6 Å². The molecule has 0 atom stereocenters. The normalized spacial score (nSPS) is 15.7. The fourth-order valence-corrected chi connectivity index (χ4v) is 1.09. The van der Waals surface area contributed by atoms with E-state index in [4.69, 9.17) is 0 Å². The van der Waals surface area contributed by atoms with E-state index in [1.807, 2.05) is 0 Å². The highest BCUT2D eigenvalue weighted by molar-refractivity contribution is 5.95. The second kappa shape index (κ2) is 4.64. The van der Waals surface area contributed by atoms with Gasteiger partial charge in [-0.3, -0.25) is 10.1 Å². The Morgan fingerprint density at radius 3 is 2.62 bits per heavy atom. The maximum absolute atomic E-state index is 11.2. The maximum atomic E-state index is 11.2. The summed E-state index contributed by atoms with van der Waals surface area (Å²) in [4.78, 5) is 22.2. The highest BCUT2D eigenvalue weighted by atomic mass is 16.2. The van der Waals surface area contributed by atoms with Crippen molar-refractivity contribution in [2.24, 2.45) is 5.92 Å². The van der Waals surface area contributed by atoms with Gasteiger partial charge < -0.3 is 5.32 Å². The molecule has 4 heteroatoms. The number of urea groups is 1. The van der Waals surface area contributed by atoms with Gasteiger partial charge in [-0.2, -0.15) is 0 Å². The fraction of sp³-hybridized carbons (Fsp3) is 0.556. The Kier molecular flexibility index (Phi) is 3.49. The van der Waals surface area contributed by atoms with Crippen LogP contribution in [0.2, 0.25) is 0 Å². The topological polar surface area (TPSA) is 58.2 Å². The monoisotopic (exact) mass is 182 g/mol. The van der Waals surface area contributed by atoms with Crippen molar-refractivity contribution in [3.63, 3.8) is 0 Å². The van der Waals surface area contributed by atoms with Gasteiger partial charge >= 0.3 is 6.03 Å². The number of nitrogens with one attached hydrogen (secondary N) is 2. The van der Waals surface area contributed by atoms with E-state index < -0.39 is 6.03 Å². The number of amides is 3. The molecule has 0 unspecified atom stereocenters. The second-order valence-corrected chi connectivity index (χ2v) is 3.12. The zero-order valence-corrected chi connectivity index (χ0v) is 7.51. The molecule has 0 aliphatic heterocycles. The fourth-order valence-electron chi connectivity index (χ4n) is 1.09. The van der Waals surface area contributed by atoms with Crippen molar-refractivity contribution in [1.29, 1.82) is 0 Å². The van der Waals surface area contributed by atoms with Gasteiger partial charge in [-0.15, -0.1) is 6.58 Å². The molecule has 0 heterocycles. The Balaban J connectivity index is 2.18. The summed E-state index contributed by atoms with van der Waals surface area (Å²) < 4.78 is 0. The molecule has 0 radical (unpaired) electrons. The van der Waals surface area contributed by atoms with Crippen molar-refractivity contribution in [2.75, 3.05) is 6.54 Å². The van der Waals surface area contributed by atoms with Crippen LogP contribution in [0, 0.1) is 5.92 Å². The highest BCUT2D eigenvalue weighted by Crippen LogP contribution is 2.25. The summed E-state index contributed by atoms with van der Waals surface area (Å²) in [6.07, 6.45) is 4.46. The largest absolute Gasteiger partial charge is 0.334 e. The SMILES string of the molecule is C=CCNC(=O)NC(=O)C1CCC1. The van der Waals surface area contributed by atoms with Crippen LogP contribution in [-0.4, -0.2) is 18.5 Å². The van der Waals surface area contributed by atoms with Crippen molar-refractivity contribution >= 4 is 11.9 Å². The number of hydrogen-bond acceptors (Lipinski definition) is 2. The summed E-state index contributed by atoms with van der Waals surface area (Å²) >= 11 is 0. The second-order valence-electron chi connectivity index (χ2n) is 3.12. The molecule has 0 aromatic carbocycles. The van der Waals surface area contributed by atoms with Crippen LogP contribution in [0.4, 0.5) is 4.79 Å². The quantitative estimate of drug-likeness (QED) is 0.634. The van der Waals surface area contributed by atoms with Crippen LogP contribution in [0.3, 0.4) is 0 Å². The molecule has 0 bridgehead atoms. The molecule has 1 fully saturated rings. The van der Waals surface area contributed by atoms with Gasteiger partial charge in [0, 0.05) is 12.5 Å². The Labute approximate surface area is 77.4 Å². The van der Waals surface area contributed by atoms with E-state index in [9.17, 15) is 9.59 Å². The van der Waals surface area contributed by atoms with Crippen LogP contribution in [-0.2, 0) is 4.79 Å². The zero-order chi connectivity index (χ0) is 9.68. The van der Waals surface area contributed by atoms with E-state index in [2.05, 4.69) is 17.2 Å². The standard InChI is InChI=1S/C9H14N2O2/c1-2-6-10-9(13)11-8(12)7-4-3-5-7/h2,7H,1,3-6H2,(H2,10,11,12,13). The van der Waals surface area contributed by atoms with Crippen molar-refractivity contribution in [3.05, 3.63) is 12.7 Å². The minimum Gasteiger partial charge on any atom is -0.334 e. The molecule has 4 nitrogen and oxygen atoms in total. The molecule has 1 saturated carbocycles. The summed E-state index contributed by atoms with van der Waals surface area (Å²) in [5, 5.41) is 4.76. The number of carbonyl (C=O) groups is 2. The molecule has 0 aromatic heterocycles. The zero-order valence-electron chi connectivity index (χ0n) is 7.51. The smallest absolute Gasteiger partial charge is 0.321 e.